The molecule has 0 spiro atoms. The van der Waals surface area contributed by atoms with E-state index in [9.17, 15) is 21.6 Å². The number of aromatic nitrogens is 1. The number of sulfonamides is 1. The van der Waals surface area contributed by atoms with Crippen LogP contribution in [0.4, 0.5) is 13.2 Å². The van der Waals surface area contributed by atoms with Crippen molar-refractivity contribution in [1.82, 2.24) is 5.16 Å². The van der Waals surface area contributed by atoms with Crippen LogP contribution in [0.3, 0.4) is 0 Å². The molecule has 0 fully saturated rings. The molecule has 0 atom stereocenters. The monoisotopic (exact) mass is 382 g/mol. The smallest absolute Gasteiger partial charge is 0.360 e. The Hall–Kier alpha value is -2.65. The predicted octanol–water partition coefficient (Wildman–Crippen LogP) is 3.98. The van der Waals surface area contributed by atoms with E-state index in [1.807, 2.05) is 0 Å². The zero-order valence-electron chi connectivity index (χ0n) is 13.4. The van der Waals surface area contributed by atoms with E-state index in [1.54, 1.807) is 13.0 Å². The summed E-state index contributed by atoms with van der Waals surface area (Å²) in [5.74, 6) is 0.316. The lowest BCUT2D eigenvalue weighted by molar-refractivity contribution is -0.137. The minimum atomic E-state index is -4.46. The van der Waals surface area contributed by atoms with E-state index >= 15 is 0 Å². The van der Waals surface area contributed by atoms with Crippen LogP contribution in [0.15, 0.2) is 57.9 Å². The Bertz CT molecular complexity index is 1060. The van der Waals surface area contributed by atoms with E-state index in [0.717, 1.165) is 12.1 Å². The normalized spacial score (nSPS) is 12.3. The Labute approximate surface area is 147 Å². The third kappa shape index (κ3) is 3.35. The number of nitrogens with two attached hydrogens (primary N) is 1. The summed E-state index contributed by atoms with van der Waals surface area (Å²) < 4.78 is 67.1. The van der Waals surface area contributed by atoms with Crippen molar-refractivity contribution in [1.29, 1.82) is 0 Å². The summed E-state index contributed by atoms with van der Waals surface area (Å²) in [6.07, 6.45) is -4.46. The van der Waals surface area contributed by atoms with Crippen LogP contribution in [0.1, 0.15) is 11.3 Å². The van der Waals surface area contributed by atoms with Gasteiger partial charge in [-0.2, -0.15) is 13.2 Å². The highest BCUT2D eigenvalue weighted by Gasteiger charge is 2.30. The highest BCUT2D eigenvalue weighted by Crippen LogP contribution is 2.38. The highest BCUT2D eigenvalue weighted by atomic mass is 32.2. The highest BCUT2D eigenvalue weighted by molar-refractivity contribution is 7.89. The molecular formula is C17H13F3N2O3S. The number of rotatable bonds is 3. The molecule has 1 heterocycles. The van der Waals surface area contributed by atoms with Gasteiger partial charge in [-0.15, -0.1) is 0 Å². The van der Waals surface area contributed by atoms with E-state index in [-0.39, 0.29) is 16.2 Å². The minimum Gasteiger partial charge on any atom is -0.360 e. The minimum absolute atomic E-state index is 0.125. The van der Waals surface area contributed by atoms with Crippen molar-refractivity contribution in [2.24, 2.45) is 5.14 Å². The Morgan fingerprint density at radius 1 is 1.04 bits per heavy atom. The molecular weight excluding hydrogens is 369 g/mol. The van der Waals surface area contributed by atoms with Gasteiger partial charge in [-0.05, 0) is 25.1 Å². The van der Waals surface area contributed by atoms with Gasteiger partial charge in [0.05, 0.1) is 16.0 Å². The van der Waals surface area contributed by atoms with Gasteiger partial charge >= 0.3 is 6.18 Å². The molecule has 0 amide bonds. The van der Waals surface area contributed by atoms with Crippen molar-refractivity contribution in [3.63, 3.8) is 0 Å². The largest absolute Gasteiger partial charge is 0.416 e. The van der Waals surface area contributed by atoms with Gasteiger partial charge in [-0.3, -0.25) is 0 Å². The number of benzene rings is 2. The van der Waals surface area contributed by atoms with E-state index in [4.69, 9.17) is 9.66 Å². The van der Waals surface area contributed by atoms with Crippen LogP contribution in [0.2, 0.25) is 0 Å². The SMILES string of the molecule is Cc1onc(-c2ccc(C(F)(F)F)cc2)c1-c1ccccc1S(N)(=O)=O. The Morgan fingerprint density at radius 3 is 2.23 bits per heavy atom. The van der Waals surface area contributed by atoms with Gasteiger partial charge in [0.25, 0.3) is 0 Å². The van der Waals surface area contributed by atoms with Crippen molar-refractivity contribution in [2.45, 2.75) is 18.0 Å². The zero-order valence-corrected chi connectivity index (χ0v) is 14.2. The molecule has 0 bridgehead atoms. The Kier molecular flexibility index (Phi) is 4.37. The maximum absolute atomic E-state index is 12.7. The van der Waals surface area contributed by atoms with Gasteiger partial charge in [0.15, 0.2) is 0 Å². The summed E-state index contributed by atoms with van der Waals surface area (Å²) >= 11 is 0. The quantitative estimate of drug-likeness (QED) is 0.742. The molecule has 136 valence electrons. The standard InChI is InChI=1S/C17H13F3N2O3S/c1-10-15(13-4-2-3-5-14(13)26(21,23)24)16(22-25-10)11-6-8-12(9-7-11)17(18,19)20/h2-9H,1H3,(H2,21,23,24). The summed E-state index contributed by atoms with van der Waals surface area (Å²) in [6.45, 7) is 1.58. The van der Waals surface area contributed by atoms with E-state index in [0.29, 0.717) is 16.9 Å². The van der Waals surface area contributed by atoms with Gasteiger partial charge in [-0.25, -0.2) is 13.6 Å². The molecule has 2 N–H and O–H groups in total. The Morgan fingerprint density at radius 2 is 1.65 bits per heavy atom. The van der Waals surface area contributed by atoms with Crippen molar-refractivity contribution < 1.29 is 26.1 Å². The maximum atomic E-state index is 12.7. The van der Waals surface area contributed by atoms with E-state index in [1.165, 1.54) is 30.3 Å². The lowest BCUT2D eigenvalue weighted by Gasteiger charge is -2.09. The van der Waals surface area contributed by atoms with Crippen molar-refractivity contribution >= 4 is 10.0 Å². The number of aryl methyl sites for hydroxylation is 1. The first-order valence-electron chi connectivity index (χ1n) is 7.35. The molecule has 3 aromatic rings. The summed E-state index contributed by atoms with van der Waals surface area (Å²) in [5.41, 5.74) is 0.410. The van der Waals surface area contributed by atoms with Crippen LogP contribution in [0.25, 0.3) is 22.4 Å². The maximum Gasteiger partial charge on any atom is 0.416 e. The van der Waals surface area contributed by atoms with Crippen molar-refractivity contribution in [2.75, 3.05) is 0 Å². The summed E-state index contributed by atoms with van der Waals surface area (Å²) in [7, 11) is -4.02. The summed E-state index contributed by atoms with van der Waals surface area (Å²) in [6, 6.07) is 10.4. The predicted molar refractivity (Wildman–Crippen MR) is 88.5 cm³/mol. The molecule has 0 radical (unpaired) electrons. The summed E-state index contributed by atoms with van der Waals surface area (Å²) in [4.78, 5) is -0.125. The second-order valence-electron chi connectivity index (χ2n) is 5.58. The fraction of sp³-hybridized carbons (Fsp3) is 0.118. The molecule has 5 nitrogen and oxygen atoms in total. The van der Waals surface area contributed by atoms with Crippen LogP contribution in [0, 0.1) is 6.92 Å². The molecule has 2 aromatic carbocycles. The lowest BCUT2D eigenvalue weighted by Crippen LogP contribution is -2.13. The first-order chi connectivity index (χ1) is 12.1. The molecule has 0 aliphatic heterocycles. The van der Waals surface area contributed by atoms with Crippen molar-refractivity contribution in [3.8, 4) is 22.4 Å². The Balaban J connectivity index is 2.18. The van der Waals surface area contributed by atoms with Gasteiger partial charge in [-0.1, -0.05) is 35.5 Å². The number of alkyl halides is 3. The molecule has 0 aliphatic rings. The molecule has 0 unspecified atom stereocenters. The number of halogens is 3. The van der Waals surface area contributed by atoms with Gasteiger partial charge in [0.2, 0.25) is 10.0 Å². The molecule has 1 aromatic heterocycles. The fourth-order valence-electron chi connectivity index (χ4n) is 2.62. The number of nitrogens with zero attached hydrogens (tertiary/aromatic N) is 1. The zero-order chi connectivity index (χ0) is 19.1. The van der Waals surface area contributed by atoms with Crippen LogP contribution in [-0.4, -0.2) is 13.6 Å². The van der Waals surface area contributed by atoms with Crippen LogP contribution >= 0.6 is 0 Å². The fourth-order valence-corrected chi connectivity index (χ4v) is 3.37. The molecule has 9 heteroatoms. The third-order valence-electron chi connectivity index (χ3n) is 3.81. The average Bonchev–Trinajstić information content (AvgIpc) is 2.95. The molecule has 0 aliphatic carbocycles. The van der Waals surface area contributed by atoms with Crippen LogP contribution in [-0.2, 0) is 16.2 Å². The number of hydrogen-bond donors (Lipinski definition) is 1. The second-order valence-corrected chi connectivity index (χ2v) is 7.11. The molecule has 26 heavy (non-hydrogen) atoms. The molecule has 0 saturated carbocycles. The van der Waals surface area contributed by atoms with Crippen LogP contribution in [0.5, 0.6) is 0 Å². The van der Waals surface area contributed by atoms with E-state index in [2.05, 4.69) is 5.16 Å². The average molecular weight is 382 g/mol. The van der Waals surface area contributed by atoms with Crippen LogP contribution < -0.4 is 5.14 Å². The topological polar surface area (TPSA) is 86.2 Å². The molecule has 3 rings (SSSR count). The second kappa shape index (κ2) is 6.26. The van der Waals surface area contributed by atoms with Gasteiger partial charge in [0.1, 0.15) is 11.5 Å². The first-order valence-corrected chi connectivity index (χ1v) is 8.90. The third-order valence-corrected chi connectivity index (χ3v) is 4.78. The van der Waals surface area contributed by atoms with Gasteiger partial charge in [0, 0.05) is 11.1 Å². The molecule has 0 saturated heterocycles. The number of hydrogen-bond acceptors (Lipinski definition) is 4. The van der Waals surface area contributed by atoms with Crippen molar-refractivity contribution in [3.05, 3.63) is 59.9 Å². The number of primary sulfonamides is 1. The summed E-state index contributed by atoms with van der Waals surface area (Å²) in [5, 5.41) is 9.15. The first kappa shape index (κ1) is 18.2. The lowest BCUT2D eigenvalue weighted by atomic mass is 9.98. The van der Waals surface area contributed by atoms with E-state index < -0.39 is 21.8 Å². The van der Waals surface area contributed by atoms with Gasteiger partial charge < -0.3 is 4.52 Å².